The van der Waals surface area contributed by atoms with Crippen LogP contribution >= 0.6 is 0 Å². The number of carbonyl (C=O) groups excluding carboxylic acids is 1. The molecular weight excluding hydrogens is 400 g/mol. The summed E-state index contributed by atoms with van der Waals surface area (Å²) in [6, 6.07) is 4.41. The van der Waals surface area contributed by atoms with Crippen LogP contribution in [0.25, 0.3) is 0 Å². The lowest BCUT2D eigenvalue weighted by molar-refractivity contribution is -0.384. The summed E-state index contributed by atoms with van der Waals surface area (Å²) in [5.74, 6) is 0. The van der Waals surface area contributed by atoms with E-state index in [4.69, 9.17) is 4.74 Å². The molecule has 1 aliphatic heterocycles. The van der Waals surface area contributed by atoms with Crippen molar-refractivity contribution in [2.24, 2.45) is 0 Å². The smallest absolute Gasteiger partial charge is 0.410 e. The van der Waals surface area contributed by atoms with Crippen molar-refractivity contribution in [3.8, 4) is 0 Å². The second-order valence-electron chi connectivity index (χ2n) is 7.97. The van der Waals surface area contributed by atoms with Crippen LogP contribution < -0.4 is 9.21 Å². The number of nitrogens with zero attached hydrogens (tertiary/aromatic N) is 4. The van der Waals surface area contributed by atoms with Crippen molar-refractivity contribution in [1.29, 1.82) is 0 Å². The minimum absolute atomic E-state index is 0.00300. The minimum Gasteiger partial charge on any atom is -0.444 e. The first-order valence-electron chi connectivity index (χ1n) is 9.25. The minimum atomic E-state index is -3.66. The Bertz CT molecular complexity index is 881. The molecule has 0 aromatic heterocycles. The number of benzene rings is 1. The summed E-state index contributed by atoms with van der Waals surface area (Å²) in [5.41, 5.74) is -0.200. The molecular formula is C18H28N4O6S. The first kappa shape index (κ1) is 22.7. The fourth-order valence-electron chi connectivity index (χ4n) is 2.98. The molecule has 1 aromatic carbocycles. The lowest BCUT2D eigenvalue weighted by atomic mass is 10.2. The average Bonchev–Trinajstić information content (AvgIpc) is 2.84. The number of amides is 1. The van der Waals surface area contributed by atoms with Crippen LogP contribution in [0.3, 0.4) is 0 Å². The summed E-state index contributed by atoms with van der Waals surface area (Å²) in [4.78, 5) is 26.7. The highest BCUT2D eigenvalue weighted by Gasteiger charge is 2.27. The highest BCUT2D eigenvalue weighted by Crippen LogP contribution is 2.33. The summed E-state index contributed by atoms with van der Waals surface area (Å²) in [5, 5.41) is 11.3. The number of nitro groups is 1. The third-order valence-electron chi connectivity index (χ3n) is 4.51. The normalized spacial score (nSPS) is 15.6. The third-order valence-corrected chi connectivity index (χ3v) is 5.70. The molecule has 0 atom stereocenters. The van der Waals surface area contributed by atoms with Crippen LogP contribution in [-0.4, -0.2) is 69.4 Å². The van der Waals surface area contributed by atoms with Crippen LogP contribution in [0.15, 0.2) is 18.2 Å². The monoisotopic (exact) mass is 428 g/mol. The molecule has 0 radical (unpaired) electrons. The van der Waals surface area contributed by atoms with E-state index in [1.807, 2.05) is 25.7 Å². The summed E-state index contributed by atoms with van der Waals surface area (Å²) in [6.45, 7) is 7.53. The quantitative estimate of drug-likeness (QED) is 0.534. The van der Waals surface area contributed by atoms with Crippen LogP contribution in [0.1, 0.15) is 27.2 Å². The molecule has 0 aliphatic carbocycles. The van der Waals surface area contributed by atoms with Gasteiger partial charge in [-0.15, -0.1) is 0 Å². The van der Waals surface area contributed by atoms with Gasteiger partial charge >= 0.3 is 6.09 Å². The molecule has 1 aliphatic rings. The summed E-state index contributed by atoms with van der Waals surface area (Å²) >= 11 is 0. The van der Waals surface area contributed by atoms with E-state index in [1.54, 1.807) is 11.0 Å². The SMILES string of the molecule is CN(c1cc(N2CCCN(C(=O)OC(C)(C)C)CC2)ccc1[N+](=O)[O-])S(C)(=O)=O. The van der Waals surface area contributed by atoms with Gasteiger partial charge in [0.15, 0.2) is 0 Å². The van der Waals surface area contributed by atoms with Gasteiger partial charge in [0.25, 0.3) is 5.69 Å². The lowest BCUT2D eigenvalue weighted by Crippen LogP contribution is -2.39. The van der Waals surface area contributed by atoms with Gasteiger partial charge < -0.3 is 14.5 Å². The largest absolute Gasteiger partial charge is 0.444 e. The maximum absolute atomic E-state index is 12.3. The maximum Gasteiger partial charge on any atom is 0.410 e. The molecule has 0 N–H and O–H groups in total. The van der Waals surface area contributed by atoms with Gasteiger partial charge in [0.1, 0.15) is 11.3 Å². The van der Waals surface area contributed by atoms with E-state index in [0.717, 1.165) is 10.6 Å². The molecule has 0 spiro atoms. The molecule has 1 amide bonds. The average molecular weight is 429 g/mol. The Kier molecular flexibility index (Phi) is 6.61. The van der Waals surface area contributed by atoms with Crippen molar-refractivity contribution in [1.82, 2.24) is 4.90 Å². The van der Waals surface area contributed by atoms with Crippen LogP contribution in [0.5, 0.6) is 0 Å². The lowest BCUT2D eigenvalue weighted by Gasteiger charge is -2.27. The Hall–Kier alpha value is -2.56. The highest BCUT2D eigenvalue weighted by atomic mass is 32.2. The third kappa shape index (κ3) is 5.96. The van der Waals surface area contributed by atoms with Gasteiger partial charge in [-0.1, -0.05) is 0 Å². The number of ether oxygens (including phenoxy) is 1. The summed E-state index contributed by atoms with van der Waals surface area (Å²) in [7, 11) is -2.38. The Labute approximate surface area is 171 Å². The molecule has 1 saturated heterocycles. The number of anilines is 2. The van der Waals surface area contributed by atoms with E-state index in [-0.39, 0.29) is 17.5 Å². The van der Waals surface area contributed by atoms with Gasteiger partial charge in [0.2, 0.25) is 10.0 Å². The summed E-state index contributed by atoms with van der Waals surface area (Å²) in [6.07, 6.45) is 1.31. The van der Waals surface area contributed by atoms with E-state index in [9.17, 15) is 23.3 Å². The zero-order chi connectivity index (χ0) is 22.0. The van der Waals surface area contributed by atoms with Gasteiger partial charge in [0, 0.05) is 45.0 Å². The van der Waals surface area contributed by atoms with Gasteiger partial charge in [-0.2, -0.15) is 0 Å². The van der Waals surface area contributed by atoms with Crippen molar-refractivity contribution in [2.75, 3.05) is 48.7 Å². The van der Waals surface area contributed by atoms with E-state index in [2.05, 4.69) is 0 Å². The predicted molar refractivity (Wildman–Crippen MR) is 111 cm³/mol. The molecule has 1 heterocycles. The van der Waals surface area contributed by atoms with E-state index < -0.39 is 20.5 Å². The van der Waals surface area contributed by atoms with E-state index in [0.29, 0.717) is 38.3 Å². The van der Waals surface area contributed by atoms with Crippen LogP contribution in [0.4, 0.5) is 21.9 Å². The van der Waals surface area contributed by atoms with Gasteiger partial charge in [-0.05, 0) is 39.3 Å². The fourth-order valence-corrected chi connectivity index (χ4v) is 3.48. The van der Waals surface area contributed by atoms with Crippen molar-refractivity contribution in [3.63, 3.8) is 0 Å². The number of rotatable bonds is 4. The van der Waals surface area contributed by atoms with Crippen LogP contribution in [0, 0.1) is 10.1 Å². The van der Waals surface area contributed by atoms with Crippen LogP contribution in [-0.2, 0) is 14.8 Å². The molecule has 0 unspecified atom stereocenters. The van der Waals surface area contributed by atoms with Crippen molar-refractivity contribution in [2.45, 2.75) is 32.8 Å². The standard InChI is InChI=1S/C18H28N4O6S/c1-18(2,3)28-17(23)21-10-6-9-20(11-12-21)14-7-8-15(22(24)25)16(13-14)19(4)29(5,26)27/h7-8,13H,6,9-12H2,1-5H3. The van der Waals surface area contributed by atoms with Crippen LogP contribution in [0.2, 0.25) is 0 Å². The predicted octanol–water partition coefficient (Wildman–Crippen LogP) is 2.44. The molecule has 0 saturated carbocycles. The fraction of sp³-hybridized carbons (Fsp3) is 0.611. The molecule has 2 rings (SSSR count). The Morgan fingerprint density at radius 3 is 2.41 bits per heavy atom. The molecule has 0 bridgehead atoms. The number of sulfonamides is 1. The first-order chi connectivity index (χ1) is 13.3. The van der Waals surface area contributed by atoms with Crippen molar-refractivity contribution < 1.29 is 22.9 Å². The van der Waals surface area contributed by atoms with Gasteiger partial charge in [0.05, 0.1) is 11.2 Å². The molecule has 162 valence electrons. The molecule has 11 heteroatoms. The van der Waals surface area contributed by atoms with Crippen molar-refractivity contribution >= 4 is 33.2 Å². The second-order valence-corrected chi connectivity index (χ2v) is 9.98. The zero-order valence-electron chi connectivity index (χ0n) is 17.4. The Morgan fingerprint density at radius 2 is 1.86 bits per heavy atom. The molecule has 29 heavy (non-hydrogen) atoms. The number of carbonyl (C=O) groups is 1. The Morgan fingerprint density at radius 1 is 1.21 bits per heavy atom. The maximum atomic E-state index is 12.3. The molecule has 1 aromatic rings. The van der Waals surface area contributed by atoms with Gasteiger partial charge in [-0.25, -0.2) is 13.2 Å². The van der Waals surface area contributed by atoms with Crippen molar-refractivity contribution in [3.05, 3.63) is 28.3 Å². The second kappa shape index (κ2) is 8.44. The summed E-state index contributed by atoms with van der Waals surface area (Å²) < 4.78 is 30.2. The zero-order valence-corrected chi connectivity index (χ0v) is 18.2. The molecule has 1 fully saturated rings. The molecule has 10 nitrogen and oxygen atoms in total. The highest BCUT2D eigenvalue weighted by molar-refractivity contribution is 7.92. The van der Waals surface area contributed by atoms with E-state index in [1.165, 1.54) is 19.2 Å². The Balaban J connectivity index is 2.24. The number of hydrogen-bond donors (Lipinski definition) is 0. The number of hydrogen-bond acceptors (Lipinski definition) is 7. The van der Waals surface area contributed by atoms with E-state index >= 15 is 0 Å². The topological polar surface area (TPSA) is 113 Å². The first-order valence-corrected chi connectivity index (χ1v) is 11.1. The number of nitro benzene ring substituents is 1. The van der Waals surface area contributed by atoms with Gasteiger partial charge in [-0.3, -0.25) is 14.4 Å².